The molecule has 0 saturated carbocycles. The summed E-state index contributed by atoms with van der Waals surface area (Å²) in [7, 11) is -3.92. The number of nitrogens with one attached hydrogen (secondary N) is 1. The van der Waals surface area contributed by atoms with Crippen LogP contribution < -0.4 is 16.2 Å². The third-order valence-electron chi connectivity index (χ3n) is 2.27. The Balaban J connectivity index is 3.23. The molecule has 0 aliphatic heterocycles. The number of nitrogens with two attached hydrogens (primary N) is 2. The zero-order chi connectivity index (χ0) is 14.1. The van der Waals surface area contributed by atoms with Gasteiger partial charge in [-0.1, -0.05) is 15.9 Å². The van der Waals surface area contributed by atoms with Crippen LogP contribution in [0, 0.1) is 0 Å². The van der Waals surface area contributed by atoms with Crippen LogP contribution in [0.1, 0.15) is 13.8 Å². The first-order valence-electron chi connectivity index (χ1n) is 4.95. The Bertz CT molecular complexity index is 584. The van der Waals surface area contributed by atoms with Gasteiger partial charge in [0.2, 0.25) is 15.9 Å². The third kappa shape index (κ3) is 3.21. The van der Waals surface area contributed by atoms with Crippen molar-refractivity contribution in [3.63, 3.8) is 0 Å². The molecule has 1 rings (SSSR count). The quantitative estimate of drug-likeness (QED) is 0.697. The van der Waals surface area contributed by atoms with Crippen LogP contribution in [0.5, 0.6) is 0 Å². The van der Waals surface area contributed by atoms with E-state index in [0.29, 0.717) is 4.47 Å². The summed E-state index contributed by atoms with van der Waals surface area (Å²) in [6.07, 6.45) is 0. The number of nitrogen functional groups attached to an aromatic ring is 1. The first-order valence-corrected chi connectivity index (χ1v) is 7.23. The van der Waals surface area contributed by atoms with Gasteiger partial charge in [-0.05, 0) is 32.0 Å². The van der Waals surface area contributed by atoms with Gasteiger partial charge < -0.3 is 11.5 Å². The fourth-order valence-corrected chi connectivity index (χ4v) is 3.24. The lowest BCUT2D eigenvalue weighted by atomic mass is 10.1. The summed E-state index contributed by atoms with van der Waals surface area (Å²) in [5.74, 6) is -0.778. The van der Waals surface area contributed by atoms with Crippen LogP contribution in [-0.4, -0.2) is 19.9 Å². The Morgan fingerprint density at radius 3 is 2.44 bits per heavy atom. The van der Waals surface area contributed by atoms with Gasteiger partial charge in [0.05, 0.1) is 5.69 Å². The Hall–Kier alpha value is -1.12. The lowest BCUT2D eigenvalue weighted by molar-refractivity contribution is -0.122. The van der Waals surface area contributed by atoms with Crippen molar-refractivity contribution in [2.24, 2.45) is 5.73 Å². The van der Waals surface area contributed by atoms with E-state index in [9.17, 15) is 13.2 Å². The molecular formula is C10H14BrN3O3S. The van der Waals surface area contributed by atoms with Crippen LogP contribution in [0.3, 0.4) is 0 Å². The number of hydrogen-bond acceptors (Lipinski definition) is 4. The molecule has 6 nitrogen and oxygen atoms in total. The van der Waals surface area contributed by atoms with E-state index < -0.39 is 21.5 Å². The minimum absolute atomic E-state index is 0.0889. The Morgan fingerprint density at radius 2 is 1.94 bits per heavy atom. The molecule has 0 spiro atoms. The minimum Gasteiger partial charge on any atom is -0.398 e. The molecule has 100 valence electrons. The molecule has 0 heterocycles. The van der Waals surface area contributed by atoms with Gasteiger partial charge in [-0.2, -0.15) is 4.72 Å². The zero-order valence-corrected chi connectivity index (χ0v) is 12.3. The van der Waals surface area contributed by atoms with E-state index in [0.717, 1.165) is 0 Å². The second-order valence-electron chi connectivity index (χ2n) is 4.28. The van der Waals surface area contributed by atoms with Gasteiger partial charge in [0.1, 0.15) is 10.4 Å². The number of sulfonamides is 1. The first-order chi connectivity index (χ1) is 8.06. The number of amides is 1. The molecule has 8 heteroatoms. The van der Waals surface area contributed by atoms with Crippen molar-refractivity contribution in [1.29, 1.82) is 0 Å². The maximum atomic E-state index is 12.1. The third-order valence-corrected chi connectivity index (χ3v) is 4.48. The standard InChI is InChI=1S/C10H14BrN3O3S/c1-10(2,9(13)15)14-18(16,17)8-5-6(11)3-4-7(8)12/h3-5,14H,12H2,1-2H3,(H2,13,15). The largest absolute Gasteiger partial charge is 0.398 e. The molecule has 1 aromatic carbocycles. The molecule has 0 fully saturated rings. The molecule has 1 aromatic rings. The van der Waals surface area contributed by atoms with Crippen molar-refractivity contribution < 1.29 is 13.2 Å². The molecular weight excluding hydrogens is 322 g/mol. The summed E-state index contributed by atoms with van der Waals surface area (Å²) in [6, 6.07) is 4.43. The normalized spacial score (nSPS) is 12.4. The van der Waals surface area contributed by atoms with Crippen molar-refractivity contribution >= 4 is 37.5 Å². The highest BCUT2D eigenvalue weighted by atomic mass is 79.9. The van der Waals surface area contributed by atoms with Crippen LogP contribution in [0.25, 0.3) is 0 Å². The molecule has 0 saturated heterocycles. The second kappa shape index (κ2) is 4.87. The maximum Gasteiger partial charge on any atom is 0.243 e. The lowest BCUT2D eigenvalue weighted by Crippen LogP contribution is -2.52. The highest BCUT2D eigenvalue weighted by molar-refractivity contribution is 9.10. The number of carbonyl (C=O) groups is 1. The van der Waals surface area contributed by atoms with E-state index >= 15 is 0 Å². The highest BCUT2D eigenvalue weighted by Gasteiger charge is 2.32. The van der Waals surface area contributed by atoms with Gasteiger partial charge in [0.25, 0.3) is 0 Å². The van der Waals surface area contributed by atoms with Gasteiger partial charge in [0.15, 0.2) is 0 Å². The van der Waals surface area contributed by atoms with Crippen LogP contribution >= 0.6 is 15.9 Å². The smallest absolute Gasteiger partial charge is 0.243 e. The van der Waals surface area contributed by atoms with Gasteiger partial charge >= 0.3 is 0 Å². The first kappa shape index (κ1) is 14.9. The Kier molecular flexibility index (Phi) is 4.04. The molecule has 18 heavy (non-hydrogen) atoms. The van der Waals surface area contributed by atoms with Crippen molar-refractivity contribution in [2.75, 3.05) is 5.73 Å². The van der Waals surface area contributed by atoms with Crippen molar-refractivity contribution in [2.45, 2.75) is 24.3 Å². The Labute approximate surface area is 114 Å². The Morgan fingerprint density at radius 1 is 1.39 bits per heavy atom. The summed E-state index contributed by atoms with van der Waals surface area (Å²) < 4.78 is 27.0. The average molecular weight is 336 g/mol. The predicted octanol–water partition coefficient (Wildman–Crippen LogP) is 0.574. The number of anilines is 1. The molecule has 0 aliphatic rings. The fraction of sp³-hybridized carbons (Fsp3) is 0.300. The van der Waals surface area contributed by atoms with E-state index in [2.05, 4.69) is 20.7 Å². The zero-order valence-electron chi connectivity index (χ0n) is 9.90. The van der Waals surface area contributed by atoms with E-state index in [1.165, 1.54) is 26.0 Å². The number of primary amides is 1. The molecule has 0 unspecified atom stereocenters. The number of halogens is 1. The van der Waals surface area contributed by atoms with Gasteiger partial charge in [-0.3, -0.25) is 4.79 Å². The lowest BCUT2D eigenvalue weighted by Gasteiger charge is -2.22. The van der Waals surface area contributed by atoms with Gasteiger partial charge in [-0.25, -0.2) is 8.42 Å². The molecule has 1 amide bonds. The molecule has 0 radical (unpaired) electrons. The number of hydrogen-bond donors (Lipinski definition) is 3. The minimum atomic E-state index is -3.92. The summed E-state index contributed by atoms with van der Waals surface area (Å²) in [5, 5.41) is 0. The van der Waals surface area contributed by atoms with Crippen molar-refractivity contribution in [3.05, 3.63) is 22.7 Å². The summed E-state index contributed by atoms with van der Waals surface area (Å²) in [5.41, 5.74) is 9.43. The predicted molar refractivity (Wildman–Crippen MR) is 72.1 cm³/mol. The average Bonchev–Trinajstić information content (AvgIpc) is 2.19. The van der Waals surface area contributed by atoms with Crippen molar-refractivity contribution in [1.82, 2.24) is 4.72 Å². The van der Waals surface area contributed by atoms with Crippen LogP contribution in [0.2, 0.25) is 0 Å². The highest BCUT2D eigenvalue weighted by Crippen LogP contribution is 2.24. The number of carbonyl (C=O) groups excluding carboxylic acids is 1. The molecule has 0 aliphatic carbocycles. The van der Waals surface area contributed by atoms with Gasteiger partial charge in [-0.15, -0.1) is 0 Å². The summed E-state index contributed by atoms with van der Waals surface area (Å²) in [4.78, 5) is 11.0. The summed E-state index contributed by atoms with van der Waals surface area (Å²) in [6.45, 7) is 2.75. The SMILES string of the molecule is CC(C)(NS(=O)(=O)c1cc(Br)ccc1N)C(N)=O. The molecule has 0 aromatic heterocycles. The van der Waals surface area contributed by atoms with E-state index in [4.69, 9.17) is 11.5 Å². The van der Waals surface area contributed by atoms with Crippen LogP contribution in [0.15, 0.2) is 27.6 Å². The topological polar surface area (TPSA) is 115 Å². The summed E-state index contributed by atoms with van der Waals surface area (Å²) >= 11 is 3.16. The van der Waals surface area contributed by atoms with Crippen LogP contribution in [0.4, 0.5) is 5.69 Å². The van der Waals surface area contributed by atoms with Gasteiger partial charge in [0, 0.05) is 4.47 Å². The van der Waals surface area contributed by atoms with E-state index in [1.807, 2.05) is 0 Å². The monoisotopic (exact) mass is 335 g/mol. The molecule has 0 bridgehead atoms. The molecule has 0 atom stereocenters. The number of rotatable bonds is 4. The second-order valence-corrected chi connectivity index (χ2v) is 6.84. The van der Waals surface area contributed by atoms with E-state index in [1.54, 1.807) is 6.07 Å². The van der Waals surface area contributed by atoms with E-state index in [-0.39, 0.29) is 10.6 Å². The van der Waals surface area contributed by atoms with Crippen LogP contribution in [-0.2, 0) is 14.8 Å². The fourth-order valence-electron chi connectivity index (χ4n) is 1.18. The molecule has 5 N–H and O–H groups in total. The number of benzene rings is 1. The maximum absolute atomic E-state index is 12.1. The van der Waals surface area contributed by atoms with Crippen molar-refractivity contribution in [3.8, 4) is 0 Å².